The van der Waals surface area contributed by atoms with Gasteiger partial charge in [0, 0.05) is 18.3 Å². The Morgan fingerprint density at radius 2 is 2.08 bits per heavy atom. The molecule has 12 heavy (non-hydrogen) atoms. The molecule has 1 atom stereocenters. The molecule has 1 heterocycles. The van der Waals surface area contributed by atoms with Gasteiger partial charge in [-0.3, -0.25) is 4.68 Å². The molecule has 1 unspecified atom stereocenters. The second-order valence-corrected chi connectivity index (χ2v) is 3.32. The molecule has 0 aliphatic heterocycles. The second kappa shape index (κ2) is 3.72. The van der Waals surface area contributed by atoms with E-state index in [9.17, 15) is 0 Å². The smallest absolute Gasteiger partial charge is 0.0791 e. The minimum atomic E-state index is 0.338. The van der Waals surface area contributed by atoms with Crippen molar-refractivity contribution in [2.75, 3.05) is 7.05 Å². The van der Waals surface area contributed by atoms with Crippen LogP contribution in [0.5, 0.6) is 0 Å². The number of hydrogen-bond acceptors (Lipinski definition) is 2. The molecule has 3 nitrogen and oxygen atoms in total. The zero-order valence-corrected chi connectivity index (χ0v) is 8.20. The Morgan fingerprint density at radius 3 is 2.50 bits per heavy atom. The topological polar surface area (TPSA) is 29.9 Å². The Hall–Kier alpha value is -0.830. The van der Waals surface area contributed by atoms with Crippen molar-refractivity contribution in [2.24, 2.45) is 0 Å². The van der Waals surface area contributed by atoms with E-state index in [0.29, 0.717) is 12.1 Å². The summed E-state index contributed by atoms with van der Waals surface area (Å²) in [4.78, 5) is 0. The van der Waals surface area contributed by atoms with E-state index in [-0.39, 0.29) is 0 Å². The molecule has 0 saturated carbocycles. The van der Waals surface area contributed by atoms with Gasteiger partial charge >= 0.3 is 0 Å². The van der Waals surface area contributed by atoms with E-state index in [4.69, 9.17) is 0 Å². The van der Waals surface area contributed by atoms with Gasteiger partial charge in [0.15, 0.2) is 0 Å². The molecule has 1 aromatic rings. The highest BCUT2D eigenvalue weighted by atomic mass is 15.3. The summed E-state index contributed by atoms with van der Waals surface area (Å²) in [5.41, 5.74) is 1.10. The van der Waals surface area contributed by atoms with Crippen LogP contribution in [0.2, 0.25) is 0 Å². The summed E-state index contributed by atoms with van der Waals surface area (Å²) in [7, 11) is 1.94. The quantitative estimate of drug-likeness (QED) is 0.743. The van der Waals surface area contributed by atoms with Crippen LogP contribution in [0.15, 0.2) is 12.3 Å². The fourth-order valence-corrected chi connectivity index (χ4v) is 1.02. The Labute approximate surface area is 73.8 Å². The zero-order valence-electron chi connectivity index (χ0n) is 8.20. The summed E-state index contributed by atoms with van der Waals surface area (Å²) in [5, 5.41) is 7.59. The van der Waals surface area contributed by atoms with Crippen molar-refractivity contribution in [3.05, 3.63) is 18.0 Å². The maximum absolute atomic E-state index is 4.43. The van der Waals surface area contributed by atoms with E-state index < -0.39 is 0 Å². The summed E-state index contributed by atoms with van der Waals surface area (Å²) in [6.07, 6.45) is 2.02. The van der Waals surface area contributed by atoms with Crippen molar-refractivity contribution in [2.45, 2.75) is 32.9 Å². The lowest BCUT2D eigenvalue weighted by molar-refractivity contribution is 0.513. The predicted octanol–water partition coefficient (Wildman–Crippen LogP) is 1.74. The summed E-state index contributed by atoms with van der Waals surface area (Å²) >= 11 is 0. The highest BCUT2D eigenvalue weighted by Crippen LogP contribution is 2.10. The molecule has 0 radical (unpaired) electrons. The Morgan fingerprint density at radius 1 is 1.42 bits per heavy atom. The summed E-state index contributed by atoms with van der Waals surface area (Å²) in [5.74, 6) is 0. The molecule has 1 aromatic heterocycles. The standard InChI is InChI=1S/C9H17N3/c1-7(2)12-6-5-9(11-12)8(3)10-4/h5-8,10H,1-4H3. The maximum Gasteiger partial charge on any atom is 0.0791 e. The van der Waals surface area contributed by atoms with E-state index in [1.54, 1.807) is 0 Å². The third-order valence-corrected chi connectivity index (χ3v) is 2.03. The lowest BCUT2D eigenvalue weighted by Gasteiger charge is -2.07. The molecule has 0 amide bonds. The van der Waals surface area contributed by atoms with Crippen molar-refractivity contribution in [3.8, 4) is 0 Å². The Balaban J connectivity index is 2.77. The van der Waals surface area contributed by atoms with Gasteiger partial charge in [-0.05, 0) is 33.9 Å². The van der Waals surface area contributed by atoms with Gasteiger partial charge in [0.05, 0.1) is 5.69 Å². The fraction of sp³-hybridized carbons (Fsp3) is 0.667. The SMILES string of the molecule is CNC(C)c1ccn(C(C)C)n1. The molecule has 1 N–H and O–H groups in total. The molecule has 3 heteroatoms. The third-order valence-electron chi connectivity index (χ3n) is 2.03. The van der Waals surface area contributed by atoms with Crippen LogP contribution in [-0.4, -0.2) is 16.8 Å². The van der Waals surface area contributed by atoms with E-state index in [2.05, 4.69) is 37.3 Å². The summed E-state index contributed by atoms with van der Waals surface area (Å²) < 4.78 is 1.98. The number of nitrogens with zero attached hydrogens (tertiary/aromatic N) is 2. The van der Waals surface area contributed by atoms with Crippen LogP contribution in [-0.2, 0) is 0 Å². The van der Waals surface area contributed by atoms with Crippen molar-refractivity contribution < 1.29 is 0 Å². The van der Waals surface area contributed by atoms with E-state index >= 15 is 0 Å². The third kappa shape index (κ3) is 1.85. The van der Waals surface area contributed by atoms with Gasteiger partial charge in [-0.2, -0.15) is 5.10 Å². The van der Waals surface area contributed by atoms with Gasteiger partial charge in [0.2, 0.25) is 0 Å². The van der Waals surface area contributed by atoms with E-state index in [0.717, 1.165) is 5.69 Å². The molecule has 0 bridgehead atoms. The lowest BCUT2D eigenvalue weighted by Crippen LogP contribution is -2.13. The van der Waals surface area contributed by atoms with Crippen LogP contribution in [0.4, 0.5) is 0 Å². The first-order valence-corrected chi connectivity index (χ1v) is 4.37. The zero-order chi connectivity index (χ0) is 9.14. The molecule has 0 spiro atoms. The lowest BCUT2D eigenvalue weighted by atomic mass is 10.2. The summed E-state index contributed by atoms with van der Waals surface area (Å²) in [6.45, 7) is 6.36. The van der Waals surface area contributed by atoms with Gasteiger partial charge < -0.3 is 5.32 Å². The van der Waals surface area contributed by atoms with E-state index in [1.807, 2.05) is 17.9 Å². The van der Waals surface area contributed by atoms with Gasteiger partial charge in [0.25, 0.3) is 0 Å². The summed E-state index contributed by atoms with van der Waals surface area (Å²) in [6, 6.07) is 2.84. The highest BCUT2D eigenvalue weighted by Gasteiger charge is 2.06. The van der Waals surface area contributed by atoms with Gasteiger partial charge in [-0.25, -0.2) is 0 Å². The van der Waals surface area contributed by atoms with Crippen LogP contribution in [0, 0.1) is 0 Å². The normalized spacial score (nSPS) is 13.8. The Bertz CT molecular complexity index is 240. The molecule has 68 valence electrons. The number of hydrogen-bond donors (Lipinski definition) is 1. The predicted molar refractivity (Wildman–Crippen MR) is 50.1 cm³/mol. The molecule has 0 fully saturated rings. The average Bonchev–Trinajstić information content (AvgIpc) is 2.51. The molecule has 0 aliphatic carbocycles. The van der Waals surface area contributed by atoms with Crippen molar-refractivity contribution >= 4 is 0 Å². The van der Waals surface area contributed by atoms with Gasteiger partial charge in [-0.15, -0.1) is 0 Å². The highest BCUT2D eigenvalue weighted by molar-refractivity contribution is 5.04. The molecule has 0 aromatic carbocycles. The average molecular weight is 167 g/mol. The first-order chi connectivity index (χ1) is 5.65. The number of nitrogens with one attached hydrogen (secondary N) is 1. The van der Waals surface area contributed by atoms with Crippen molar-refractivity contribution in [1.82, 2.24) is 15.1 Å². The fourth-order valence-electron chi connectivity index (χ4n) is 1.02. The van der Waals surface area contributed by atoms with E-state index in [1.165, 1.54) is 0 Å². The van der Waals surface area contributed by atoms with Crippen LogP contribution < -0.4 is 5.32 Å². The van der Waals surface area contributed by atoms with Crippen LogP contribution in [0.3, 0.4) is 0 Å². The number of aromatic nitrogens is 2. The molecule has 0 saturated heterocycles. The number of rotatable bonds is 3. The van der Waals surface area contributed by atoms with Crippen LogP contribution >= 0.6 is 0 Å². The van der Waals surface area contributed by atoms with Crippen LogP contribution in [0.25, 0.3) is 0 Å². The van der Waals surface area contributed by atoms with Gasteiger partial charge in [-0.1, -0.05) is 0 Å². The minimum absolute atomic E-state index is 0.338. The van der Waals surface area contributed by atoms with Gasteiger partial charge in [0.1, 0.15) is 0 Å². The Kier molecular flexibility index (Phi) is 2.87. The second-order valence-electron chi connectivity index (χ2n) is 3.32. The van der Waals surface area contributed by atoms with Crippen molar-refractivity contribution in [3.63, 3.8) is 0 Å². The monoisotopic (exact) mass is 167 g/mol. The molecule has 1 rings (SSSR count). The minimum Gasteiger partial charge on any atom is -0.312 e. The maximum atomic E-state index is 4.43. The largest absolute Gasteiger partial charge is 0.312 e. The molecular weight excluding hydrogens is 150 g/mol. The van der Waals surface area contributed by atoms with Crippen LogP contribution in [0.1, 0.15) is 38.5 Å². The molecule has 0 aliphatic rings. The first kappa shape index (κ1) is 9.26. The first-order valence-electron chi connectivity index (χ1n) is 4.37. The molecular formula is C9H17N3. The van der Waals surface area contributed by atoms with Crippen molar-refractivity contribution in [1.29, 1.82) is 0 Å².